The molecule has 3 aromatic rings. The van der Waals surface area contributed by atoms with Crippen LogP contribution in [0.1, 0.15) is 15.9 Å². The second-order valence-corrected chi connectivity index (χ2v) is 4.98. The fourth-order valence-electron chi connectivity index (χ4n) is 2.18. The molecule has 3 aromatic carbocycles. The molecule has 3 nitrogen and oxygen atoms in total. The van der Waals surface area contributed by atoms with E-state index in [2.05, 4.69) is 0 Å². The van der Waals surface area contributed by atoms with Crippen LogP contribution in [0.25, 0.3) is 0 Å². The van der Waals surface area contributed by atoms with Crippen molar-refractivity contribution in [3.05, 3.63) is 90.0 Å². The Kier molecular flexibility index (Phi) is 4.69. The molecule has 0 heterocycles. The molecule has 114 valence electrons. The van der Waals surface area contributed by atoms with Crippen molar-refractivity contribution >= 4 is 6.29 Å². The predicted molar refractivity (Wildman–Crippen MR) is 89.1 cm³/mol. The van der Waals surface area contributed by atoms with Gasteiger partial charge >= 0.3 is 0 Å². The SMILES string of the molecule is O=Cc1ccccc1Oc1ccccc1OCc1ccccc1. The van der Waals surface area contributed by atoms with Crippen LogP contribution in [0.15, 0.2) is 78.9 Å². The quantitative estimate of drug-likeness (QED) is 0.609. The van der Waals surface area contributed by atoms with Crippen LogP contribution < -0.4 is 9.47 Å². The molecule has 0 unspecified atom stereocenters. The Labute approximate surface area is 135 Å². The number of carbonyl (C=O) groups excluding carboxylic acids is 1. The highest BCUT2D eigenvalue weighted by Gasteiger charge is 2.08. The molecule has 0 N–H and O–H groups in total. The largest absolute Gasteiger partial charge is 0.485 e. The van der Waals surface area contributed by atoms with Crippen molar-refractivity contribution < 1.29 is 14.3 Å². The van der Waals surface area contributed by atoms with Crippen molar-refractivity contribution in [3.63, 3.8) is 0 Å². The zero-order valence-electron chi connectivity index (χ0n) is 12.5. The Hall–Kier alpha value is -3.07. The zero-order chi connectivity index (χ0) is 15.9. The molecule has 0 aliphatic rings. The third-order valence-electron chi connectivity index (χ3n) is 3.35. The van der Waals surface area contributed by atoms with Gasteiger partial charge < -0.3 is 9.47 Å². The summed E-state index contributed by atoms with van der Waals surface area (Å²) in [5.74, 6) is 1.73. The monoisotopic (exact) mass is 304 g/mol. The maximum atomic E-state index is 11.1. The van der Waals surface area contributed by atoms with Crippen LogP contribution in [0.5, 0.6) is 17.2 Å². The minimum absolute atomic E-state index is 0.455. The summed E-state index contributed by atoms with van der Waals surface area (Å²) in [6.45, 7) is 0.455. The summed E-state index contributed by atoms with van der Waals surface area (Å²) in [5.41, 5.74) is 1.58. The molecule has 0 bridgehead atoms. The molecule has 0 atom stereocenters. The highest BCUT2D eigenvalue weighted by Crippen LogP contribution is 2.32. The van der Waals surface area contributed by atoms with E-state index in [9.17, 15) is 4.79 Å². The van der Waals surface area contributed by atoms with Crippen LogP contribution in [-0.4, -0.2) is 6.29 Å². The lowest BCUT2D eigenvalue weighted by Crippen LogP contribution is -1.98. The van der Waals surface area contributed by atoms with Crippen molar-refractivity contribution in [3.8, 4) is 17.2 Å². The van der Waals surface area contributed by atoms with E-state index in [1.165, 1.54) is 0 Å². The molecule has 0 aromatic heterocycles. The van der Waals surface area contributed by atoms with Crippen molar-refractivity contribution in [2.45, 2.75) is 6.61 Å². The third kappa shape index (κ3) is 3.77. The minimum atomic E-state index is 0.455. The molecule has 0 amide bonds. The van der Waals surface area contributed by atoms with E-state index in [1.54, 1.807) is 18.2 Å². The van der Waals surface area contributed by atoms with E-state index >= 15 is 0 Å². The van der Waals surface area contributed by atoms with E-state index in [1.807, 2.05) is 60.7 Å². The number of para-hydroxylation sites is 3. The summed E-state index contributed by atoms with van der Waals surface area (Å²) in [5, 5.41) is 0. The molecule has 3 rings (SSSR count). The molecule has 0 fully saturated rings. The predicted octanol–water partition coefficient (Wildman–Crippen LogP) is 4.87. The van der Waals surface area contributed by atoms with Crippen LogP contribution >= 0.6 is 0 Å². The second-order valence-electron chi connectivity index (χ2n) is 4.98. The lowest BCUT2D eigenvalue weighted by atomic mass is 10.2. The van der Waals surface area contributed by atoms with E-state index < -0.39 is 0 Å². The molecule has 0 radical (unpaired) electrons. The van der Waals surface area contributed by atoms with Gasteiger partial charge in [0, 0.05) is 0 Å². The first-order chi connectivity index (χ1) is 11.4. The smallest absolute Gasteiger partial charge is 0.169 e. The fraction of sp³-hybridized carbons (Fsp3) is 0.0500. The normalized spacial score (nSPS) is 10.1. The number of carbonyl (C=O) groups is 1. The standard InChI is InChI=1S/C20H16O3/c21-14-17-10-4-5-11-18(17)23-20-13-7-6-12-19(20)22-15-16-8-2-1-3-9-16/h1-14H,15H2. The van der Waals surface area contributed by atoms with Gasteiger partial charge in [-0.2, -0.15) is 0 Å². The van der Waals surface area contributed by atoms with Gasteiger partial charge in [-0.15, -0.1) is 0 Å². The van der Waals surface area contributed by atoms with Gasteiger partial charge in [0.1, 0.15) is 12.4 Å². The third-order valence-corrected chi connectivity index (χ3v) is 3.35. The number of hydrogen-bond acceptors (Lipinski definition) is 3. The van der Waals surface area contributed by atoms with Crippen molar-refractivity contribution in [2.75, 3.05) is 0 Å². The Balaban J connectivity index is 1.79. The summed E-state index contributed by atoms with van der Waals surface area (Å²) >= 11 is 0. The molecular weight excluding hydrogens is 288 g/mol. The first kappa shape index (κ1) is 14.9. The van der Waals surface area contributed by atoms with Gasteiger partial charge in [-0.3, -0.25) is 4.79 Å². The Bertz CT molecular complexity index is 782. The first-order valence-electron chi connectivity index (χ1n) is 7.34. The summed E-state index contributed by atoms with van der Waals surface area (Å²) in [6, 6.07) is 24.5. The molecule has 23 heavy (non-hydrogen) atoms. The van der Waals surface area contributed by atoms with E-state index in [4.69, 9.17) is 9.47 Å². The van der Waals surface area contributed by atoms with Gasteiger partial charge in [0.05, 0.1) is 5.56 Å². The number of benzene rings is 3. The average Bonchev–Trinajstić information content (AvgIpc) is 2.62. The molecule has 0 saturated heterocycles. The van der Waals surface area contributed by atoms with Gasteiger partial charge in [-0.1, -0.05) is 54.6 Å². The van der Waals surface area contributed by atoms with Gasteiger partial charge in [-0.05, 0) is 29.8 Å². The molecule has 0 aliphatic heterocycles. The maximum absolute atomic E-state index is 11.1. The van der Waals surface area contributed by atoms with E-state index in [-0.39, 0.29) is 0 Å². The Morgan fingerprint density at radius 1 is 0.696 bits per heavy atom. The topological polar surface area (TPSA) is 35.5 Å². The highest BCUT2D eigenvalue weighted by molar-refractivity contribution is 5.79. The number of rotatable bonds is 6. The summed E-state index contributed by atoms with van der Waals surface area (Å²) in [4.78, 5) is 11.1. The average molecular weight is 304 g/mol. The van der Waals surface area contributed by atoms with Crippen LogP contribution in [-0.2, 0) is 6.61 Å². The van der Waals surface area contributed by atoms with Gasteiger partial charge in [0.25, 0.3) is 0 Å². The van der Waals surface area contributed by atoms with Gasteiger partial charge in [0.2, 0.25) is 0 Å². The first-order valence-corrected chi connectivity index (χ1v) is 7.34. The minimum Gasteiger partial charge on any atom is -0.485 e. The van der Waals surface area contributed by atoms with Crippen LogP contribution in [0, 0.1) is 0 Å². The Morgan fingerprint density at radius 3 is 2.04 bits per heavy atom. The number of ether oxygens (including phenoxy) is 2. The summed E-state index contributed by atoms with van der Waals surface area (Å²) in [6.07, 6.45) is 0.781. The lowest BCUT2D eigenvalue weighted by molar-refractivity contribution is 0.112. The second kappa shape index (κ2) is 7.27. The summed E-state index contributed by atoms with van der Waals surface area (Å²) in [7, 11) is 0. The maximum Gasteiger partial charge on any atom is 0.169 e. The van der Waals surface area contributed by atoms with Crippen molar-refractivity contribution in [1.29, 1.82) is 0 Å². The van der Waals surface area contributed by atoms with Gasteiger partial charge in [0.15, 0.2) is 17.8 Å². The lowest BCUT2D eigenvalue weighted by Gasteiger charge is -2.13. The number of hydrogen-bond donors (Lipinski definition) is 0. The van der Waals surface area contributed by atoms with Gasteiger partial charge in [-0.25, -0.2) is 0 Å². The Morgan fingerprint density at radius 2 is 1.30 bits per heavy atom. The van der Waals surface area contributed by atoms with Crippen LogP contribution in [0.2, 0.25) is 0 Å². The molecular formula is C20H16O3. The fourth-order valence-corrected chi connectivity index (χ4v) is 2.18. The van der Waals surface area contributed by atoms with Crippen molar-refractivity contribution in [2.24, 2.45) is 0 Å². The van der Waals surface area contributed by atoms with E-state index in [0.29, 0.717) is 29.4 Å². The van der Waals surface area contributed by atoms with E-state index in [0.717, 1.165) is 11.8 Å². The van der Waals surface area contributed by atoms with Crippen LogP contribution in [0.3, 0.4) is 0 Å². The summed E-state index contributed by atoms with van der Waals surface area (Å²) < 4.78 is 11.7. The number of aldehydes is 1. The zero-order valence-corrected chi connectivity index (χ0v) is 12.5. The molecule has 0 aliphatic carbocycles. The highest BCUT2D eigenvalue weighted by atomic mass is 16.5. The molecule has 0 spiro atoms. The van der Waals surface area contributed by atoms with Crippen LogP contribution in [0.4, 0.5) is 0 Å². The molecule has 0 saturated carbocycles. The molecule has 3 heteroatoms. The van der Waals surface area contributed by atoms with Crippen molar-refractivity contribution in [1.82, 2.24) is 0 Å².